The molecule has 2 heterocycles. The van der Waals surface area contributed by atoms with Crippen LogP contribution in [0, 0.1) is 13.8 Å². The fraction of sp³-hybridized carbons (Fsp3) is 0.467. The molecule has 90 valence electrons. The van der Waals surface area contributed by atoms with Gasteiger partial charge in [0.15, 0.2) is 0 Å². The van der Waals surface area contributed by atoms with Crippen LogP contribution in [0.4, 0.5) is 0 Å². The van der Waals surface area contributed by atoms with Gasteiger partial charge in [0.25, 0.3) is 0 Å². The third-order valence-electron chi connectivity index (χ3n) is 3.81. The zero-order valence-electron chi connectivity index (χ0n) is 11.1. The lowest BCUT2D eigenvalue weighted by Gasteiger charge is -2.31. The molecule has 3 rings (SSSR count). The van der Waals surface area contributed by atoms with Gasteiger partial charge < -0.3 is 10.3 Å². The molecule has 17 heavy (non-hydrogen) atoms. The van der Waals surface area contributed by atoms with Gasteiger partial charge in [-0.15, -0.1) is 0 Å². The zero-order valence-corrected chi connectivity index (χ0v) is 11.1. The van der Waals surface area contributed by atoms with Crippen LogP contribution in [0.1, 0.15) is 36.2 Å². The number of hydrogen-bond acceptors (Lipinski definition) is 1. The number of fused-ring (bicyclic) bond motifs is 3. The van der Waals surface area contributed by atoms with Crippen LogP contribution in [0.5, 0.6) is 0 Å². The molecular formula is C15H20N2. The number of aryl methyl sites for hydroxylation is 2. The molecule has 1 aliphatic heterocycles. The fourth-order valence-corrected chi connectivity index (χ4v) is 2.95. The van der Waals surface area contributed by atoms with Gasteiger partial charge in [-0.25, -0.2) is 0 Å². The van der Waals surface area contributed by atoms with E-state index >= 15 is 0 Å². The molecule has 0 saturated carbocycles. The van der Waals surface area contributed by atoms with Gasteiger partial charge in [-0.1, -0.05) is 11.6 Å². The molecule has 0 saturated heterocycles. The van der Waals surface area contributed by atoms with Crippen LogP contribution in [-0.2, 0) is 13.0 Å². The monoisotopic (exact) mass is 228 g/mol. The van der Waals surface area contributed by atoms with E-state index in [2.05, 4.69) is 50.1 Å². The Kier molecular flexibility index (Phi) is 2.14. The lowest BCUT2D eigenvalue weighted by molar-refractivity contribution is 0.360. The van der Waals surface area contributed by atoms with E-state index in [4.69, 9.17) is 0 Å². The first-order valence-electron chi connectivity index (χ1n) is 6.32. The van der Waals surface area contributed by atoms with Crippen molar-refractivity contribution >= 4 is 10.9 Å². The number of benzene rings is 1. The number of hydrogen-bond donors (Lipinski definition) is 2. The quantitative estimate of drug-likeness (QED) is 0.712. The Labute approximate surface area is 102 Å². The van der Waals surface area contributed by atoms with Crippen LogP contribution in [0.2, 0.25) is 0 Å². The molecule has 2 aromatic rings. The van der Waals surface area contributed by atoms with Crippen molar-refractivity contribution in [2.24, 2.45) is 0 Å². The maximum absolute atomic E-state index is 3.63. The molecular weight excluding hydrogens is 208 g/mol. The zero-order chi connectivity index (χ0) is 12.2. The highest BCUT2D eigenvalue weighted by Crippen LogP contribution is 2.31. The molecule has 1 aromatic carbocycles. The minimum absolute atomic E-state index is 0.205. The van der Waals surface area contributed by atoms with E-state index in [0.29, 0.717) is 0 Å². The van der Waals surface area contributed by atoms with Crippen molar-refractivity contribution in [3.05, 3.63) is 34.5 Å². The molecule has 0 spiro atoms. The second-order valence-corrected chi connectivity index (χ2v) is 6.00. The second kappa shape index (κ2) is 3.36. The molecule has 0 unspecified atom stereocenters. The van der Waals surface area contributed by atoms with Gasteiger partial charge in [-0.3, -0.25) is 0 Å². The topological polar surface area (TPSA) is 27.8 Å². The van der Waals surface area contributed by atoms with E-state index in [1.807, 2.05) is 0 Å². The summed E-state index contributed by atoms with van der Waals surface area (Å²) in [6.07, 6.45) is 1.08. The van der Waals surface area contributed by atoms with E-state index in [0.717, 1.165) is 13.0 Å². The number of H-pyrrole nitrogens is 1. The predicted molar refractivity (Wildman–Crippen MR) is 72.4 cm³/mol. The molecule has 0 fully saturated rings. The van der Waals surface area contributed by atoms with Gasteiger partial charge in [0.05, 0.1) is 0 Å². The minimum atomic E-state index is 0.205. The molecule has 1 aromatic heterocycles. The minimum Gasteiger partial charge on any atom is -0.358 e. The first-order chi connectivity index (χ1) is 7.96. The Hall–Kier alpha value is -1.28. The molecule has 0 bridgehead atoms. The lowest BCUT2D eigenvalue weighted by Crippen LogP contribution is -2.44. The fourth-order valence-electron chi connectivity index (χ4n) is 2.95. The first kappa shape index (κ1) is 10.8. The Bertz CT molecular complexity index is 590. The molecule has 1 aliphatic rings. The Morgan fingerprint density at radius 2 is 1.94 bits per heavy atom. The smallest absolute Gasteiger partial charge is 0.0489 e. The summed E-state index contributed by atoms with van der Waals surface area (Å²) in [5.74, 6) is 0. The molecule has 0 atom stereocenters. The summed E-state index contributed by atoms with van der Waals surface area (Å²) in [6, 6.07) is 4.56. The van der Waals surface area contributed by atoms with Gasteiger partial charge in [-0.05, 0) is 44.9 Å². The van der Waals surface area contributed by atoms with Gasteiger partial charge in [0.1, 0.15) is 0 Å². The van der Waals surface area contributed by atoms with Gasteiger partial charge in [0.2, 0.25) is 0 Å². The van der Waals surface area contributed by atoms with Gasteiger partial charge in [0, 0.05) is 35.1 Å². The lowest BCUT2D eigenvalue weighted by atomic mass is 9.91. The Morgan fingerprint density at radius 3 is 2.71 bits per heavy atom. The molecule has 0 radical (unpaired) electrons. The number of aromatic amines is 1. The summed E-state index contributed by atoms with van der Waals surface area (Å²) in [6.45, 7) is 9.87. The molecule has 0 aliphatic carbocycles. The van der Waals surface area contributed by atoms with Crippen molar-refractivity contribution in [3.8, 4) is 0 Å². The standard InChI is InChI=1S/C15H20N2/c1-9-5-10(2)14-11(6-9)12-8-16-15(3,4)7-13(12)17-14/h5-6,16-17H,7-8H2,1-4H3. The maximum Gasteiger partial charge on any atom is 0.0489 e. The highest BCUT2D eigenvalue weighted by atomic mass is 15.0. The average Bonchev–Trinajstić information content (AvgIpc) is 2.54. The third-order valence-corrected chi connectivity index (χ3v) is 3.81. The van der Waals surface area contributed by atoms with E-state index in [1.54, 1.807) is 0 Å². The average molecular weight is 228 g/mol. The summed E-state index contributed by atoms with van der Waals surface area (Å²) in [7, 11) is 0. The van der Waals surface area contributed by atoms with Crippen LogP contribution in [0.15, 0.2) is 12.1 Å². The normalized spacial score (nSPS) is 18.4. The first-order valence-corrected chi connectivity index (χ1v) is 6.32. The van der Waals surface area contributed by atoms with Crippen molar-refractivity contribution in [3.63, 3.8) is 0 Å². The summed E-state index contributed by atoms with van der Waals surface area (Å²) in [5, 5.41) is 5.01. The summed E-state index contributed by atoms with van der Waals surface area (Å²) >= 11 is 0. The highest BCUT2D eigenvalue weighted by molar-refractivity contribution is 5.88. The summed E-state index contributed by atoms with van der Waals surface area (Å²) in [4.78, 5) is 3.63. The van der Waals surface area contributed by atoms with Crippen LogP contribution < -0.4 is 5.32 Å². The largest absolute Gasteiger partial charge is 0.358 e. The van der Waals surface area contributed by atoms with Gasteiger partial charge >= 0.3 is 0 Å². The van der Waals surface area contributed by atoms with E-state index in [-0.39, 0.29) is 5.54 Å². The molecule has 2 N–H and O–H groups in total. The van der Waals surface area contributed by atoms with Crippen molar-refractivity contribution in [1.29, 1.82) is 0 Å². The SMILES string of the molecule is Cc1cc(C)c2[nH]c3c(c2c1)CNC(C)(C)C3. The van der Waals surface area contributed by atoms with Crippen LogP contribution in [-0.4, -0.2) is 10.5 Å². The van der Waals surface area contributed by atoms with Crippen LogP contribution in [0.25, 0.3) is 10.9 Å². The highest BCUT2D eigenvalue weighted by Gasteiger charge is 2.27. The van der Waals surface area contributed by atoms with Crippen molar-refractivity contribution in [2.75, 3.05) is 0 Å². The van der Waals surface area contributed by atoms with Crippen LogP contribution >= 0.6 is 0 Å². The maximum atomic E-state index is 3.63. The Balaban J connectivity index is 2.26. The molecule has 0 amide bonds. The van der Waals surface area contributed by atoms with E-state index in [9.17, 15) is 0 Å². The summed E-state index contributed by atoms with van der Waals surface area (Å²) in [5.41, 5.74) is 7.11. The van der Waals surface area contributed by atoms with Gasteiger partial charge in [-0.2, -0.15) is 0 Å². The van der Waals surface area contributed by atoms with Crippen molar-refractivity contribution in [2.45, 2.75) is 46.2 Å². The predicted octanol–water partition coefficient (Wildman–Crippen LogP) is 3.21. The van der Waals surface area contributed by atoms with Crippen molar-refractivity contribution < 1.29 is 0 Å². The third kappa shape index (κ3) is 1.67. The van der Waals surface area contributed by atoms with E-state index < -0.39 is 0 Å². The van der Waals surface area contributed by atoms with Crippen LogP contribution in [0.3, 0.4) is 0 Å². The number of aromatic nitrogens is 1. The second-order valence-electron chi connectivity index (χ2n) is 6.00. The van der Waals surface area contributed by atoms with E-state index in [1.165, 1.54) is 33.3 Å². The number of rotatable bonds is 0. The number of nitrogens with one attached hydrogen (secondary N) is 2. The summed E-state index contributed by atoms with van der Waals surface area (Å²) < 4.78 is 0. The molecule has 2 nitrogen and oxygen atoms in total. The molecule has 2 heteroatoms. The van der Waals surface area contributed by atoms with Crippen molar-refractivity contribution in [1.82, 2.24) is 10.3 Å². The Morgan fingerprint density at radius 1 is 1.18 bits per heavy atom.